The van der Waals surface area contributed by atoms with Gasteiger partial charge in [0, 0.05) is 82.1 Å². The molecule has 0 bridgehead atoms. The Bertz CT molecular complexity index is 9340. The van der Waals surface area contributed by atoms with Gasteiger partial charge in [0.1, 0.15) is 0 Å². The van der Waals surface area contributed by atoms with Crippen LogP contribution < -0.4 is 0 Å². The van der Waals surface area contributed by atoms with Crippen LogP contribution in [0, 0.1) is 0 Å². The molecule has 26 rings (SSSR count). The van der Waals surface area contributed by atoms with Crippen molar-refractivity contribution in [3.63, 3.8) is 0 Å². The fraction of sp³-hybridized carbons (Fsp3) is 0. The quantitative estimate of drug-likeness (QED) is 0.130. The summed E-state index contributed by atoms with van der Waals surface area (Å²) in [5, 5.41) is 18.5. The molecule has 0 fully saturated rings. The zero-order chi connectivity index (χ0) is 88.8. The third kappa shape index (κ3) is 12.4. The minimum atomic E-state index is -0.423. The summed E-state index contributed by atoms with van der Waals surface area (Å²) in [6.45, 7) is 0. The number of hydrogen-bond acceptors (Lipinski definition) is 3. The van der Waals surface area contributed by atoms with Gasteiger partial charge in [-0.15, -0.1) is 0 Å². The molecule has 0 amide bonds. The van der Waals surface area contributed by atoms with Crippen molar-refractivity contribution in [2.45, 2.75) is 0 Å². The van der Waals surface area contributed by atoms with Crippen LogP contribution in [0.3, 0.4) is 0 Å². The molecule has 6 heteroatoms. The Morgan fingerprint density at radius 3 is 1.27 bits per heavy atom. The molecular formula is C121H76N6. The summed E-state index contributed by atoms with van der Waals surface area (Å²) in [4.78, 5) is 16.6. The summed E-state index contributed by atoms with van der Waals surface area (Å²) >= 11 is 0. The van der Waals surface area contributed by atoms with Crippen LogP contribution in [0.2, 0.25) is 0 Å². The van der Waals surface area contributed by atoms with Gasteiger partial charge in [0.2, 0.25) is 0 Å². The van der Waals surface area contributed by atoms with Crippen molar-refractivity contribution in [3.05, 3.63) is 461 Å². The number of nitrogens with zero attached hydrogens (tertiary/aromatic N) is 6. The van der Waals surface area contributed by atoms with E-state index >= 15 is 0 Å². The van der Waals surface area contributed by atoms with Crippen LogP contribution >= 0.6 is 0 Å². The highest BCUT2D eigenvalue weighted by Crippen LogP contribution is 2.47. The normalized spacial score (nSPS) is 12.4. The lowest BCUT2D eigenvalue weighted by molar-refractivity contribution is 1.18. The van der Waals surface area contributed by atoms with Gasteiger partial charge in [-0.3, -0.25) is 0 Å². The summed E-state index contributed by atoms with van der Waals surface area (Å²) in [6.07, 6.45) is 0. The van der Waals surface area contributed by atoms with Gasteiger partial charge >= 0.3 is 0 Å². The first-order valence-corrected chi connectivity index (χ1v) is 43.0. The summed E-state index contributed by atoms with van der Waals surface area (Å²) in [5.74, 6) is 0.683. The van der Waals surface area contributed by atoms with Crippen molar-refractivity contribution >= 4 is 141 Å². The van der Waals surface area contributed by atoms with Crippen molar-refractivity contribution in [1.82, 2.24) is 28.7 Å². The fourth-order valence-corrected chi connectivity index (χ4v) is 19.5. The van der Waals surface area contributed by atoms with Crippen LogP contribution in [0.25, 0.3) is 248 Å². The molecule has 0 saturated heterocycles. The van der Waals surface area contributed by atoms with Crippen LogP contribution in [0.4, 0.5) is 0 Å². The van der Waals surface area contributed by atoms with Gasteiger partial charge in [0.05, 0.1) is 69.6 Å². The fourth-order valence-electron chi connectivity index (χ4n) is 19.5. The van der Waals surface area contributed by atoms with Crippen molar-refractivity contribution in [1.29, 1.82) is 0 Å². The van der Waals surface area contributed by atoms with Gasteiger partial charge in [-0.2, -0.15) is 0 Å². The van der Waals surface area contributed by atoms with Crippen LogP contribution in [0.5, 0.6) is 0 Å². The van der Waals surface area contributed by atoms with Gasteiger partial charge in [0.15, 0.2) is 5.82 Å². The molecule has 0 aliphatic rings. The molecule has 21 aromatic carbocycles. The Morgan fingerprint density at radius 1 is 0.189 bits per heavy atom. The Kier molecular flexibility index (Phi) is 15.8. The molecule has 0 aliphatic heterocycles. The second kappa shape index (κ2) is 30.0. The van der Waals surface area contributed by atoms with Crippen molar-refractivity contribution in [3.8, 4) is 107 Å². The lowest BCUT2D eigenvalue weighted by atomic mass is 9.91. The van der Waals surface area contributed by atoms with Gasteiger partial charge in [-0.1, -0.05) is 346 Å². The number of benzene rings is 21. The minimum absolute atomic E-state index is 0.136. The molecule has 0 aliphatic carbocycles. The van der Waals surface area contributed by atoms with E-state index in [9.17, 15) is 5.48 Å². The third-order valence-electron chi connectivity index (χ3n) is 25.5. The summed E-state index contributed by atoms with van der Waals surface area (Å²) in [5.41, 5.74) is 23.0. The highest BCUT2D eigenvalue weighted by Gasteiger charge is 2.25. The smallest absolute Gasteiger partial charge is 0.161 e. The van der Waals surface area contributed by atoms with E-state index in [4.69, 9.17) is 17.7 Å². The van der Waals surface area contributed by atoms with E-state index in [1.807, 2.05) is 102 Å². The molecule has 0 N–H and O–H groups in total. The van der Waals surface area contributed by atoms with Gasteiger partial charge < -0.3 is 13.7 Å². The first-order valence-electron chi connectivity index (χ1n) is 46.0. The average Bonchev–Trinajstić information content (AvgIpc) is 1.65. The topological polar surface area (TPSA) is 53.5 Å². The van der Waals surface area contributed by atoms with E-state index in [-0.39, 0.29) is 46.2 Å². The molecule has 6 nitrogen and oxygen atoms in total. The van der Waals surface area contributed by atoms with Crippen molar-refractivity contribution in [2.24, 2.45) is 0 Å². The molecule has 5 heterocycles. The van der Waals surface area contributed by atoms with E-state index in [0.29, 0.717) is 17.2 Å². The first kappa shape index (κ1) is 66.7. The monoisotopic (exact) mass is 1620 g/mol. The number of aromatic nitrogens is 6. The molecule has 0 radical (unpaired) electrons. The number of hydrogen-bond donors (Lipinski definition) is 0. The van der Waals surface area contributed by atoms with Gasteiger partial charge in [0.25, 0.3) is 0 Å². The van der Waals surface area contributed by atoms with Gasteiger partial charge in [-0.25, -0.2) is 15.0 Å². The average molecular weight is 1620 g/mol. The Labute approximate surface area is 740 Å². The van der Waals surface area contributed by atoms with Crippen molar-refractivity contribution < 1.29 is 8.22 Å². The van der Waals surface area contributed by atoms with E-state index in [2.05, 4.69) is 337 Å². The maximum atomic E-state index is 10.1. The molecule has 127 heavy (non-hydrogen) atoms. The van der Waals surface area contributed by atoms with Crippen LogP contribution in [-0.2, 0) is 0 Å². The third-order valence-corrected chi connectivity index (χ3v) is 25.5. The predicted octanol–water partition coefficient (Wildman–Crippen LogP) is 32.3. The molecule has 0 unspecified atom stereocenters. The number of fused-ring (bicyclic) bond motifs is 16. The first-order chi connectivity index (χ1) is 65.4. The minimum Gasteiger partial charge on any atom is -0.309 e. The van der Waals surface area contributed by atoms with Crippen LogP contribution in [-0.4, -0.2) is 28.7 Å². The Balaban J connectivity index is 0.000000143. The predicted molar refractivity (Wildman–Crippen MR) is 535 cm³/mol. The lowest BCUT2D eigenvalue weighted by Gasteiger charge is -2.17. The largest absolute Gasteiger partial charge is 0.309 e. The SMILES string of the molecule is [2H]c1c([2H])c([2H])c2c(-n3c4ccc(-c5ccccc5)cc4c4cc5ccccc5cc43)c([2H])c([2H])c(-c3cc4ccccc4c(-c4ccc5c6ccccc6n(-c6ccccc6)c5c4)n3)c2c1[2H].c1ccc(-c2ccc3c(c2)c2cc4ccccc4cc2n3-c2cc(-c3nc(-c4ccc5ccccc5c4)c4cc(-c5ccccc5)c(-c5ccccc5)cc4n3)c3ccccc3c2)cc1. The molecular weight excluding hydrogens is 1540 g/mol. The van der Waals surface area contributed by atoms with Gasteiger partial charge in [-0.05, 0) is 214 Å². The summed E-state index contributed by atoms with van der Waals surface area (Å²) in [6, 6.07) is 147. The molecule has 0 atom stereocenters. The zero-order valence-corrected chi connectivity index (χ0v) is 68.6. The molecule has 5 aromatic heterocycles. The summed E-state index contributed by atoms with van der Waals surface area (Å²) in [7, 11) is 0. The highest BCUT2D eigenvalue weighted by atomic mass is 15.0. The van der Waals surface area contributed by atoms with Crippen LogP contribution in [0.15, 0.2) is 461 Å². The second-order valence-corrected chi connectivity index (χ2v) is 32.8. The number of rotatable bonds is 11. The van der Waals surface area contributed by atoms with Crippen LogP contribution in [0.1, 0.15) is 8.22 Å². The molecule has 0 spiro atoms. The zero-order valence-electron chi connectivity index (χ0n) is 74.6. The number of para-hydroxylation sites is 2. The maximum Gasteiger partial charge on any atom is 0.161 e. The standard InChI is InChI=1S/C62H39N3.C59H37N3/c1-4-16-40(17-5-1)47-30-31-59-54(35-47)55-34-45-24-12-13-25-46(45)36-60(55)65(59)50-33-48-26-14-15-27-51(48)56(37-50)62-63-58-39-53(43-21-8-3-9-22-43)52(42-19-6-2-7-20-42)38-57(58)61(64-62)49-29-28-41-18-10-11-23-44(41)32-49;1-3-15-38(16-4-1)41-28-31-56-51(34-41)52-33-39-17-7-8-18-40(39)36-58(52)62(56)55-32-30-47(46-23-11-12-24-48(46)55)53-35-42-19-9-10-22-45(42)59(60-53)43-27-29-50-49-25-13-14-26-54(49)61(57(50)37-43)44-20-5-2-6-21-44/h1-39H;1-37H/i;11D,12D,23D,24D,30D,32D. The molecule has 26 aromatic rings. The Hall–Kier alpha value is -16.9. The maximum absolute atomic E-state index is 10.1. The molecule has 0 saturated carbocycles. The van der Waals surface area contributed by atoms with E-state index < -0.39 is 12.1 Å². The summed E-state index contributed by atoms with van der Waals surface area (Å²) < 4.78 is 64.1. The second-order valence-electron chi connectivity index (χ2n) is 32.8. The van der Waals surface area contributed by atoms with E-state index in [1.54, 1.807) is 0 Å². The Morgan fingerprint density at radius 2 is 0.630 bits per heavy atom. The molecule has 590 valence electrons. The van der Waals surface area contributed by atoms with Crippen molar-refractivity contribution in [2.75, 3.05) is 0 Å². The van der Waals surface area contributed by atoms with E-state index in [0.717, 1.165) is 165 Å². The number of pyridine rings is 1. The lowest BCUT2D eigenvalue weighted by Crippen LogP contribution is -2.00. The highest BCUT2D eigenvalue weighted by molar-refractivity contribution is 6.19. The van der Waals surface area contributed by atoms with E-state index in [1.165, 1.54) is 43.4 Å².